The number of nitrogens with one attached hydrogen (secondary N) is 1. The maximum atomic E-state index is 12.4. The van der Waals surface area contributed by atoms with Gasteiger partial charge in [-0.1, -0.05) is 19.8 Å². The van der Waals surface area contributed by atoms with Crippen LogP contribution in [-0.4, -0.2) is 42.8 Å². The first-order valence-electron chi connectivity index (χ1n) is 7.93. The van der Waals surface area contributed by atoms with Crippen molar-refractivity contribution in [2.75, 3.05) is 19.6 Å². The van der Waals surface area contributed by atoms with Gasteiger partial charge in [0, 0.05) is 25.2 Å². The van der Waals surface area contributed by atoms with Gasteiger partial charge in [-0.3, -0.25) is 4.90 Å². The minimum atomic E-state index is -4.11. The van der Waals surface area contributed by atoms with Crippen molar-refractivity contribution in [1.82, 2.24) is 10.2 Å². The van der Waals surface area contributed by atoms with E-state index >= 15 is 0 Å². The zero-order valence-corrected chi connectivity index (χ0v) is 12.5. The van der Waals surface area contributed by atoms with Crippen LogP contribution in [0.2, 0.25) is 0 Å². The van der Waals surface area contributed by atoms with Gasteiger partial charge in [0.15, 0.2) is 0 Å². The molecule has 20 heavy (non-hydrogen) atoms. The molecule has 0 spiro atoms. The summed E-state index contributed by atoms with van der Waals surface area (Å²) in [5.41, 5.74) is 0. The molecule has 1 aliphatic heterocycles. The summed E-state index contributed by atoms with van der Waals surface area (Å²) < 4.78 is 37.1. The lowest BCUT2D eigenvalue weighted by Gasteiger charge is -2.45. The second-order valence-electron chi connectivity index (χ2n) is 6.59. The average molecular weight is 292 g/mol. The molecule has 3 unspecified atom stereocenters. The molecule has 0 bridgehead atoms. The smallest absolute Gasteiger partial charge is 0.305 e. The van der Waals surface area contributed by atoms with Crippen LogP contribution in [0, 0.1) is 11.8 Å². The molecule has 1 saturated heterocycles. The van der Waals surface area contributed by atoms with E-state index in [1.54, 1.807) is 0 Å². The maximum absolute atomic E-state index is 12.4. The first-order chi connectivity index (χ1) is 9.39. The van der Waals surface area contributed by atoms with Gasteiger partial charge >= 0.3 is 6.18 Å². The van der Waals surface area contributed by atoms with Gasteiger partial charge in [-0.25, -0.2) is 0 Å². The predicted octanol–water partition coefficient (Wildman–Crippen LogP) is 3.43. The fourth-order valence-corrected chi connectivity index (χ4v) is 3.50. The molecular weight excluding hydrogens is 265 g/mol. The molecule has 2 nitrogen and oxygen atoms in total. The van der Waals surface area contributed by atoms with Crippen molar-refractivity contribution >= 4 is 0 Å². The van der Waals surface area contributed by atoms with Crippen molar-refractivity contribution in [3.63, 3.8) is 0 Å². The van der Waals surface area contributed by atoms with Crippen molar-refractivity contribution in [3.05, 3.63) is 0 Å². The Morgan fingerprint density at radius 1 is 1.25 bits per heavy atom. The van der Waals surface area contributed by atoms with Crippen molar-refractivity contribution in [2.24, 2.45) is 11.8 Å². The highest BCUT2D eigenvalue weighted by atomic mass is 19.4. The van der Waals surface area contributed by atoms with Crippen molar-refractivity contribution in [2.45, 2.75) is 64.2 Å². The van der Waals surface area contributed by atoms with Crippen molar-refractivity contribution < 1.29 is 13.2 Å². The summed E-state index contributed by atoms with van der Waals surface area (Å²) in [7, 11) is 0. The summed E-state index contributed by atoms with van der Waals surface area (Å²) in [6.07, 6.45) is 1.71. The van der Waals surface area contributed by atoms with E-state index in [0.29, 0.717) is 12.0 Å². The third kappa shape index (κ3) is 4.35. The van der Waals surface area contributed by atoms with Gasteiger partial charge in [0.05, 0.1) is 6.54 Å². The van der Waals surface area contributed by atoms with Gasteiger partial charge in [-0.05, 0) is 38.0 Å². The molecule has 2 rings (SSSR count). The summed E-state index contributed by atoms with van der Waals surface area (Å²) in [5, 5.41) is 2.72. The Hall–Kier alpha value is -0.290. The molecule has 1 heterocycles. The molecule has 3 atom stereocenters. The number of alkyl halides is 3. The van der Waals surface area contributed by atoms with Crippen molar-refractivity contribution in [3.8, 4) is 0 Å². The summed E-state index contributed by atoms with van der Waals surface area (Å²) in [6.45, 7) is 5.36. The van der Waals surface area contributed by atoms with E-state index in [-0.39, 0.29) is 6.04 Å². The van der Waals surface area contributed by atoms with Crippen molar-refractivity contribution in [1.29, 1.82) is 0 Å². The van der Waals surface area contributed by atoms with Crippen LogP contribution in [0.4, 0.5) is 13.2 Å². The second-order valence-corrected chi connectivity index (χ2v) is 6.59. The van der Waals surface area contributed by atoms with E-state index in [1.807, 2.05) is 0 Å². The van der Waals surface area contributed by atoms with Gasteiger partial charge in [0.25, 0.3) is 0 Å². The van der Waals surface area contributed by atoms with E-state index in [2.05, 4.69) is 24.1 Å². The number of hydrogen-bond donors (Lipinski definition) is 1. The molecule has 0 aromatic rings. The van der Waals surface area contributed by atoms with Gasteiger partial charge in [0.2, 0.25) is 0 Å². The van der Waals surface area contributed by atoms with Gasteiger partial charge in [0.1, 0.15) is 0 Å². The largest absolute Gasteiger partial charge is 0.401 e. The van der Waals surface area contributed by atoms with Crippen LogP contribution in [-0.2, 0) is 0 Å². The molecule has 2 fully saturated rings. The van der Waals surface area contributed by atoms with Crippen LogP contribution >= 0.6 is 0 Å². The van der Waals surface area contributed by atoms with E-state index in [4.69, 9.17) is 0 Å². The number of rotatable bonds is 5. The van der Waals surface area contributed by atoms with Crippen LogP contribution in [0.3, 0.4) is 0 Å². The number of hydrogen-bond acceptors (Lipinski definition) is 2. The maximum Gasteiger partial charge on any atom is 0.401 e. The lowest BCUT2D eigenvalue weighted by atomic mass is 9.78. The van der Waals surface area contributed by atoms with Gasteiger partial charge in [-0.15, -0.1) is 0 Å². The molecule has 5 heteroatoms. The second kappa shape index (κ2) is 6.65. The third-order valence-electron chi connectivity index (χ3n) is 5.14. The summed E-state index contributed by atoms with van der Waals surface area (Å²) >= 11 is 0. The highest BCUT2D eigenvalue weighted by Crippen LogP contribution is 2.34. The summed E-state index contributed by atoms with van der Waals surface area (Å²) in [5.74, 6) is 1.28. The Morgan fingerprint density at radius 2 is 1.95 bits per heavy atom. The molecule has 118 valence electrons. The van der Waals surface area contributed by atoms with Crippen LogP contribution in [0.15, 0.2) is 0 Å². The first kappa shape index (κ1) is 16.1. The zero-order chi connectivity index (χ0) is 14.8. The van der Waals surface area contributed by atoms with E-state index in [9.17, 15) is 13.2 Å². The number of nitrogens with zero attached hydrogens (tertiary/aromatic N) is 1. The molecule has 0 amide bonds. The lowest BCUT2D eigenvalue weighted by Crippen LogP contribution is -2.55. The minimum Gasteiger partial charge on any atom is -0.305 e. The van der Waals surface area contributed by atoms with Crippen LogP contribution < -0.4 is 5.32 Å². The molecule has 1 aliphatic carbocycles. The topological polar surface area (TPSA) is 15.3 Å². The Balaban J connectivity index is 1.88. The van der Waals surface area contributed by atoms with Crippen LogP contribution in [0.1, 0.15) is 46.0 Å². The summed E-state index contributed by atoms with van der Waals surface area (Å²) in [4.78, 5) is 2.43. The van der Waals surface area contributed by atoms with Gasteiger partial charge in [-0.2, -0.15) is 13.2 Å². The normalized spacial score (nSPS) is 31.1. The van der Waals surface area contributed by atoms with Crippen LogP contribution in [0.25, 0.3) is 0 Å². The molecular formula is C15H27F3N2. The van der Waals surface area contributed by atoms with E-state index < -0.39 is 12.7 Å². The molecule has 1 N–H and O–H groups in total. The Bertz CT molecular complexity index is 302. The van der Waals surface area contributed by atoms with Crippen LogP contribution in [0.5, 0.6) is 0 Å². The van der Waals surface area contributed by atoms with E-state index in [1.165, 1.54) is 19.3 Å². The SMILES string of the molecule is CCC1CC(NCC(F)(F)F)CN(C(C)C2CCC2)C1. The fourth-order valence-electron chi connectivity index (χ4n) is 3.50. The fraction of sp³-hybridized carbons (Fsp3) is 1.00. The monoisotopic (exact) mass is 292 g/mol. The molecule has 1 saturated carbocycles. The molecule has 0 aromatic heterocycles. The number of likely N-dealkylation sites (tertiary alicyclic amines) is 1. The average Bonchev–Trinajstić information content (AvgIpc) is 2.33. The quantitative estimate of drug-likeness (QED) is 0.835. The Kier molecular flexibility index (Phi) is 5.35. The van der Waals surface area contributed by atoms with Gasteiger partial charge < -0.3 is 5.32 Å². The molecule has 0 radical (unpaired) electrons. The molecule has 2 aliphatic rings. The minimum absolute atomic E-state index is 0.0159. The highest BCUT2D eigenvalue weighted by Gasteiger charge is 2.35. The first-order valence-corrected chi connectivity index (χ1v) is 7.93. The predicted molar refractivity (Wildman–Crippen MR) is 74.6 cm³/mol. The third-order valence-corrected chi connectivity index (χ3v) is 5.14. The molecule has 0 aromatic carbocycles. The lowest BCUT2D eigenvalue weighted by molar-refractivity contribution is -0.127. The number of piperidine rings is 1. The summed E-state index contributed by atoms with van der Waals surface area (Å²) in [6, 6.07) is 0.506. The number of halogens is 3. The Morgan fingerprint density at radius 3 is 2.45 bits per heavy atom. The standard InChI is InChI=1S/C15H27F3N2/c1-3-12-7-14(19-10-15(16,17)18)9-20(8-12)11(2)13-5-4-6-13/h11-14,19H,3-10H2,1-2H3. The van der Waals surface area contributed by atoms with E-state index in [0.717, 1.165) is 31.8 Å². The Labute approximate surface area is 120 Å². The zero-order valence-electron chi connectivity index (χ0n) is 12.5. The highest BCUT2D eigenvalue weighted by molar-refractivity contribution is 4.89.